The summed E-state index contributed by atoms with van der Waals surface area (Å²) < 4.78 is 27.5. The van der Waals surface area contributed by atoms with Gasteiger partial charge in [-0.25, -0.2) is 8.42 Å². The van der Waals surface area contributed by atoms with E-state index in [0.717, 1.165) is 25.7 Å². The van der Waals surface area contributed by atoms with Gasteiger partial charge in [0.25, 0.3) is 11.8 Å². The lowest BCUT2D eigenvalue weighted by Gasteiger charge is -2.32. The van der Waals surface area contributed by atoms with E-state index in [2.05, 4.69) is 10.6 Å². The summed E-state index contributed by atoms with van der Waals surface area (Å²) in [5.74, 6) is -1.56. The summed E-state index contributed by atoms with van der Waals surface area (Å²) in [7, 11) is -3.86. The number of carbonyl (C=O) groups is 3. The zero-order chi connectivity index (χ0) is 20.6. The Hall–Kier alpha value is -2.26. The summed E-state index contributed by atoms with van der Waals surface area (Å²) in [4.78, 5) is 36.2. The number of nitrogens with one attached hydrogen (secondary N) is 2. The molecule has 1 aromatic carbocycles. The number of nitrogens with zero attached hydrogens (tertiary/aromatic N) is 1. The number of fused-ring (bicyclic) bond motifs is 1. The van der Waals surface area contributed by atoms with E-state index in [1.54, 1.807) is 0 Å². The minimum absolute atomic E-state index is 0.0329. The summed E-state index contributed by atoms with van der Waals surface area (Å²) in [6.45, 7) is 0.459. The van der Waals surface area contributed by atoms with Gasteiger partial charge in [-0.15, -0.1) is 0 Å². The number of hydrogen-bond acceptors (Lipinski definition) is 5. The fourth-order valence-electron chi connectivity index (χ4n) is 4.40. The molecule has 9 heteroatoms. The van der Waals surface area contributed by atoms with Gasteiger partial charge < -0.3 is 5.32 Å². The van der Waals surface area contributed by atoms with Gasteiger partial charge in [-0.2, -0.15) is 4.31 Å². The number of sulfonamides is 1. The lowest BCUT2D eigenvalue weighted by atomic mass is 9.93. The van der Waals surface area contributed by atoms with E-state index in [-0.39, 0.29) is 40.4 Å². The van der Waals surface area contributed by atoms with Crippen molar-refractivity contribution in [2.24, 2.45) is 5.92 Å². The molecule has 0 spiro atoms. The number of piperidine rings is 1. The van der Waals surface area contributed by atoms with Gasteiger partial charge in [0.2, 0.25) is 15.9 Å². The lowest BCUT2D eigenvalue weighted by Crippen LogP contribution is -2.47. The van der Waals surface area contributed by atoms with Gasteiger partial charge >= 0.3 is 0 Å². The van der Waals surface area contributed by atoms with Crippen molar-refractivity contribution in [1.82, 2.24) is 14.9 Å². The summed E-state index contributed by atoms with van der Waals surface area (Å²) in [5.41, 5.74) is 0.247. The maximum absolute atomic E-state index is 13.1. The number of imide groups is 1. The molecule has 1 aliphatic carbocycles. The predicted octanol–water partition coefficient (Wildman–Crippen LogP) is 1.42. The molecule has 2 aliphatic heterocycles. The number of amides is 3. The highest BCUT2D eigenvalue weighted by Crippen LogP contribution is 2.27. The molecule has 1 unspecified atom stereocenters. The molecule has 1 atom stereocenters. The second-order valence-corrected chi connectivity index (χ2v) is 9.97. The molecule has 0 radical (unpaired) electrons. The first kappa shape index (κ1) is 20.0. The second kappa shape index (κ2) is 7.87. The van der Waals surface area contributed by atoms with Crippen LogP contribution >= 0.6 is 0 Å². The van der Waals surface area contributed by atoms with Gasteiger partial charge in [-0.05, 0) is 43.9 Å². The van der Waals surface area contributed by atoms with Crippen molar-refractivity contribution in [3.63, 3.8) is 0 Å². The fraction of sp³-hybridized carbons (Fsp3) is 0.550. The van der Waals surface area contributed by atoms with Crippen LogP contribution in [0, 0.1) is 5.92 Å². The standard InChI is InChI=1S/C20H25N3O5S/c24-18(21-14-6-2-1-3-7-14)13-5-4-10-23(12-13)29(27,28)15-8-9-16-17(11-15)20(26)22-19(16)25/h8-9,11,13-14H,1-7,10,12H2,(H,21,24)(H,22,25,26). The number of carbonyl (C=O) groups excluding carboxylic acids is 3. The van der Waals surface area contributed by atoms with Crippen LogP contribution in [-0.2, 0) is 14.8 Å². The third-order valence-electron chi connectivity index (χ3n) is 6.05. The first-order valence-corrected chi connectivity index (χ1v) is 11.6. The molecule has 0 aromatic heterocycles. The van der Waals surface area contributed by atoms with Crippen LogP contribution in [0.15, 0.2) is 23.1 Å². The number of rotatable bonds is 4. The zero-order valence-corrected chi connectivity index (χ0v) is 17.0. The van der Waals surface area contributed by atoms with Crippen LogP contribution in [0.1, 0.15) is 65.7 Å². The predicted molar refractivity (Wildman–Crippen MR) is 105 cm³/mol. The Labute approximate surface area is 170 Å². The van der Waals surface area contributed by atoms with Gasteiger partial charge in [0.15, 0.2) is 0 Å². The molecule has 3 aliphatic rings. The Balaban J connectivity index is 1.48. The maximum atomic E-state index is 13.1. The van der Waals surface area contributed by atoms with E-state index in [1.807, 2.05) is 0 Å². The second-order valence-electron chi connectivity index (χ2n) is 8.04. The zero-order valence-electron chi connectivity index (χ0n) is 16.1. The Morgan fingerprint density at radius 1 is 1.00 bits per heavy atom. The van der Waals surface area contributed by atoms with E-state index >= 15 is 0 Å². The van der Waals surface area contributed by atoms with E-state index in [0.29, 0.717) is 19.4 Å². The lowest BCUT2D eigenvalue weighted by molar-refractivity contribution is -0.127. The topological polar surface area (TPSA) is 113 Å². The van der Waals surface area contributed by atoms with Crippen LogP contribution in [0.25, 0.3) is 0 Å². The molecule has 1 saturated carbocycles. The third-order valence-corrected chi connectivity index (χ3v) is 7.91. The van der Waals surface area contributed by atoms with Crippen molar-refractivity contribution in [2.45, 2.75) is 55.9 Å². The highest BCUT2D eigenvalue weighted by Gasteiger charge is 2.35. The largest absolute Gasteiger partial charge is 0.353 e. The van der Waals surface area contributed by atoms with Crippen LogP contribution in [0.4, 0.5) is 0 Å². The summed E-state index contributed by atoms with van der Waals surface area (Å²) in [6.07, 6.45) is 6.66. The third kappa shape index (κ3) is 3.93. The van der Waals surface area contributed by atoms with E-state index in [1.165, 1.54) is 28.9 Å². The van der Waals surface area contributed by atoms with E-state index in [4.69, 9.17) is 0 Å². The van der Waals surface area contributed by atoms with E-state index in [9.17, 15) is 22.8 Å². The van der Waals surface area contributed by atoms with Gasteiger partial charge in [-0.1, -0.05) is 19.3 Å². The van der Waals surface area contributed by atoms with Crippen molar-refractivity contribution in [1.29, 1.82) is 0 Å². The molecule has 1 aromatic rings. The van der Waals surface area contributed by atoms with Crippen LogP contribution < -0.4 is 10.6 Å². The first-order chi connectivity index (χ1) is 13.9. The summed E-state index contributed by atoms with van der Waals surface area (Å²) in [6, 6.07) is 4.14. The molecule has 1 saturated heterocycles. The van der Waals surface area contributed by atoms with Crippen molar-refractivity contribution >= 4 is 27.7 Å². The average molecular weight is 420 g/mol. The van der Waals surface area contributed by atoms with Crippen molar-refractivity contribution in [3.05, 3.63) is 29.3 Å². The molecule has 2 heterocycles. The monoisotopic (exact) mass is 419 g/mol. The normalized spacial score (nSPS) is 23.5. The van der Waals surface area contributed by atoms with Gasteiger partial charge in [0.1, 0.15) is 0 Å². The van der Waals surface area contributed by atoms with Gasteiger partial charge in [0.05, 0.1) is 21.9 Å². The quantitative estimate of drug-likeness (QED) is 0.717. The SMILES string of the molecule is O=C1NC(=O)c2cc(S(=O)(=O)N3CCCC(C(=O)NC4CCCCC4)C3)ccc21. The molecule has 4 rings (SSSR count). The van der Waals surface area contributed by atoms with Crippen LogP contribution in [0.2, 0.25) is 0 Å². The van der Waals surface area contributed by atoms with Crippen molar-refractivity contribution in [3.8, 4) is 0 Å². The molecule has 156 valence electrons. The van der Waals surface area contributed by atoms with Crippen molar-refractivity contribution < 1.29 is 22.8 Å². The summed E-state index contributed by atoms with van der Waals surface area (Å²) in [5, 5.41) is 5.26. The maximum Gasteiger partial charge on any atom is 0.258 e. The minimum atomic E-state index is -3.86. The van der Waals surface area contributed by atoms with Crippen LogP contribution in [0.3, 0.4) is 0 Å². The minimum Gasteiger partial charge on any atom is -0.353 e. The first-order valence-electron chi connectivity index (χ1n) is 10.2. The van der Waals surface area contributed by atoms with Gasteiger partial charge in [0, 0.05) is 19.1 Å². The molecule has 0 bridgehead atoms. The number of benzene rings is 1. The Bertz CT molecular complexity index is 953. The molecule has 3 amide bonds. The Morgan fingerprint density at radius 2 is 1.72 bits per heavy atom. The molecule has 2 fully saturated rings. The highest BCUT2D eigenvalue weighted by atomic mass is 32.2. The van der Waals surface area contributed by atoms with Gasteiger partial charge in [-0.3, -0.25) is 19.7 Å². The average Bonchev–Trinajstić information content (AvgIpc) is 3.02. The molecular formula is C20H25N3O5S. The molecule has 2 N–H and O–H groups in total. The highest BCUT2D eigenvalue weighted by molar-refractivity contribution is 7.89. The fourth-order valence-corrected chi connectivity index (χ4v) is 5.95. The Kier molecular flexibility index (Phi) is 5.44. The smallest absolute Gasteiger partial charge is 0.258 e. The molecular weight excluding hydrogens is 394 g/mol. The number of hydrogen-bond donors (Lipinski definition) is 2. The van der Waals surface area contributed by atoms with Crippen LogP contribution in [0.5, 0.6) is 0 Å². The van der Waals surface area contributed by atoms with Crippen LogP contribution in [-0.4, -0.2) is 49.6 Å². The molecule has 8 nitrogen and oxygen atoms in total. The van der Waals surface area contributed by atoms with Crippen molar-refractivity contribution in [2.75, 3.05) is 13.1 Å². The van der Waals surface area contributed by atoms with E-state index < -0.39 is 21.8 Å². The Morgan fingerprint density at radius 3 is 2.48 bits per heavy atom. The summed E-state index contributed by atoms with van der Waals surface area (Å²) >= 11 is 0. The molecule has 29 heavy (non-hydrogen) atoms.